The minimum atomic E-state index is -1.02. The van der Waals surface area contributed by atoms with Crippen LogP contribution in [-0.2, 0) is 16.1 Å². The Morgan fingerprint density at radius 2 is 1.84 bits per heavy atom. The van der Waals surface area contributed by atoms with E-state index in [-0.39, 0.29) is 35.9 Å². The number of dihydropyridines is 1. The highest BCUT2D eigenvalue weighted by molar-refractivity contribution is 7.15. The summed E-state index contributed by atoms with van der Waals surface area (Å²) in [5.41, 5.74) is 5.47. The number of nitrogens with zero attached hydrogens (tertiary/aromatic N) is 6. The van der Waals surface area contributed by atoms with Crippen molar-refractivity contribution in [2.75, 3.05) is 26.2 Å². The molecule has 0 radical (unpaired) electrons. The van der Waals surface area contributed by atoms with Gasteiger partial charge in [-0.1, -0.05) is 47.7 Å². The number of piperidine rings is 1. The largest absolute Gasteiger partial charge is 0.492 e. The van der Waals surface area contributed by atoms with Crippen LogP contribution in [0, 0.1) is 31.6 Å². The third kappa shape index (κ3) is 6.41. The highest BCUT2D eigenvalue weighted by Crippen LogP contribution is 2.37. The predicted molar refractivity (Wildman–Crippen MR) is 209 cm³/mol. The zero-order valence-electron chi connectivity index (χ0n) is 30.5. The van der Waals surface area contributed by atoms with Gasteiger partial charge < -0.3 is 10.1 Å². The third-order valence-corrected chi connectivity index (χ3v) is 12.0. The van der Waals surface area contributed by atoms with Gasteiger partial charge in [-0.25, -0.2) is 0 Å². The number of hydrogen-bond donors (Lipinski definition) is 2. The summed E-state index contributed by atoms with van der Waals surface area (Å²) in [4.78, 5) is 59.8. The number of thiophene rings is 1. The topological polar surface area (TPSA) is 151 Å². The van der Waals surface area contributed by atoms with E-state index in [0.717, 1.165) is 74.0 Å². The first-order chi connectivity index (χ1) is 27.1. The Morgan fingerprint density at radius 3 is 2.61 bits per heavy atom. The highest BCUT2D eigenvalue weighted by atomic mass is 35.5. The highest BCUT2D eigenvalue weighted by Gasteiger charge is 2.46. The number of aliphatic imine (C=N–C) groups is 1. The fourth-order valence-corrected chi connectivity index (χ4v) is 9.10. The summed E-state index contributed by atoms with van der Waals surface area (Å²) < 4.78 is 8.19. The van der Waals surface area contributed by atoms with Crippen molar-refractivity contribution in [3.05, 3.63) is 116 Å². The van der Waals surface area contributed by atoms with Crippen LogP contribution < -0.4 is 15.4 Å². The molecule has 2 atom stereocenters. The van der Waals surface area contributed by atoms with Gasteiger partial charge in [-0.3, -0.25) is 43.9 Å². The molecule has 9 rings (SSSR count). The number of ether oxygens (including phenoxy) is 1. The predicted octanol–water partition coefficient (Wildman–Crippen LogP) is 4.13. The van der Waals surface area contributed by atoms with Gasteiger partial charge >= 0.3 is 0 Å². The first kappa shape index (κ1) is 35.8. The Morgan fingerprint density at radius 1 is 1.02 bits per heavy atom. The molecular weight excluding hydrogens is 752 g/mol. The van der Waals surface area contributed by atoms with Crippen LogP contribution >= 0.6 is 22.9 Å². The Balaban J connectivity index is 0.808. The van der Waals surface area contributed by atoms with Crippen LogP contribution in [0.5, 0.6) is 5.75 Å². The lowest BCUT2D eigenvalue weighted by molar-refractivity contribution is -0.136. The first-order valence-corrected chi connectivity index (χ1v) is 19.5. The van der Waals surface area contributed by atoms with Crippen LogP contribution in [0.1, 0.15) is 66.8 Å². The molecular formula is C41H35ClN8O5S. The fourth-order valence-electron chi connectivity index (χ4n) is 7.73. The van der Waals surface area contributed by atoms with E-state index in [9.17, 15) is 19.2 Å². The maximum Gasteiger partial charge on any atom is 0.266 e. The van der Waals surface area contributed by atoms with Crippen molar-refractivity contribution < 1.29 is 23.9 Å². The van der Waals surface area contributed by atoms with Crippen molar-refractivity contribution in [2.45, 2.75) is 45.3 Å². The van der Waals surface area contributed by atoms with Crippen LogP contribution in [0.3, 0.4) is 0 Å². The Kier molecular flexibility index (Phi) is 9.15. The summed E-state index contributed by atoms with van der Waals surface area (Å²) in [5, 5.41) is 16.1. The summed E-state index contributed by atoms with van der Waals surface area (Å²) in [5.74, 6) is 6.82. The van der Waals surface area contributed by atoms with E-state index in [2.05, 4.69) is 61.2 Å². The molecule has 282 valence electrons. The monoisotopic (exact) mass is 786 g/mol. The fraction of sp³-hybridized carbons (Fsp3) is 0.293. The molecule has 4 aromatic rings. The van der Waals surface area contributed by atoms with Crippen LogP contribution in [0.25, 0.3) is 5.00 Å². The van der Waals surface area contributed by atoms with Gasteiger partial charge in [0, 0.05) is 54.3 Å². The molecule has 2 aromatic carbocycles. The van der Waals surface area contributed by atoms with Gasteiger partial charge in [0.25, 0.3) is 11.8 Å². The molecule has 2 N–H and O–H groups in total. The number of nitrogens with one attached hydrogen (secondary N) is 2. The molecule has 2 saturated heterocycles. The van der Waals surface area contributed by atoms with E-state index in [4.69, 9.17) is 21.3 Å². The normalized spacial score (nSPS) is 20.4. The standard InChI is InChI=1S/C41H35ClN8O5S/c1-22-32(56-41-35(22)37(26-7-9-27(42)10-8-26)44-17-33-47-46-23(2)49(33)41)14-12-28-11-6-24(16-43-28)18-48-19-25(20-48)21-55-31-5-3-4-29-36(31)40(54)50(39(29)53)30-13-15-34(51)45-38(30)52/h3-11,16,25,28,30,43H,13,15,17-21H2,1-2H3,(H,45,51,52). The van der Waals surface area contributed by atoms with E-state index >= 15 is 0 Å². The quantitative estimate of drug-likeness (QED) is 0.208. The Bertz CT molecular complexity index is 2500. The molecule has 5 aliphatic rings. The number of imide groups is 2. The smallest absolute Gasteiger partial charge is 0.266 e. The zero-order chi connectivity index (χ0) is 38.7. The molecule has 0 spiro atoms. The second kappa shape index (κ2) is 14.3. The average molecular weight is 787 g/mol. The number of halogens is 1. The second-order valence-corrected chi connectivity index (χ2v) is 15.8. The number of hydrogen-bond acceptors (Lipinski definition) is 11. The molecule has 7 heterocycles. The SMILES string of the molecule is Cc1c(C#CC2C=CC(CN3CC(COc4cccc5c4C(=O)N(C4CCC(=O)NC4=O)C5=O)C3)=CN2)sc2c1C(c1ccc(Cl)cc1)=NCc1nnc(C)n1-2. The van der Waals surface area contributed by atoms with Crippen molar-refractivity contribution in [2.24, 2.45) is 10.9 Å². The zero-order valence-corrected chi connectivity index (χ0v) is 32.0. The van der Waals surface area contributed by atoms with Gasteiger partial charge in [-0.15, -0.1) is 21.5 Å². The minimum absolute atomic E-state index is 0.0659. The molecule has 0 saturated carbocycles. The lowest BCUT2D eigenvalue weighted by Gasteiger charge is -2.39. The molecule has 0 aliphatic carbocycles. The summed E-state index contributed by atoms with van der Waals surface area (Å²) in [6.07, 6.45) is 6.37. The maximum atomic E-state index is 13.4. The van der Waals surface area contributed by atoms with Crippen LogP contribution in [0.15, 0.2) is 71.4 Å². The summed E-state index contributed by atoms with van der Waals surface area (Å²) >= 11 is 7.83. The molecule has 13 nitrogen and oxygen atoms in total. The van der Waals surface area contributed by atoms with Gasteiger partial charge in [-0.05, 0) is 61.7 Å². The van der Waals surface area contributed by atoms with E-state index in [1.165, 1.54) is 0 Å². The molecule has 4 amide bonds. The number of likely N-dealkylation sites (tertiary alicyclic amines) is 1. The lowest BCUT2D eigenvalue weighted by Crippen LogP contribution is -2.54. The molecule has 56 heavy (non-hydrogen) atoms. The number of carbonyl (C=O) groups excluding carboxylic acids is 4. The number of amides is 4. The van der Waals surface area contributed by atoms with E-state index in [1.807, 2.05) is 37.4 Å². The van der Waals surface area contributed by atoms with Crippen molar-refractivity contribution in [1.29, 1.82) is 0 Å². The summed E-state index contributed by atoms with van der Waals surface area (Å²) in [6, 6.07) is 11.5. The molecule has 0 bridgehead atoms. The number of aryl methyl sites for hydroxylation is 1. The number of rotatable bonds is 7. The van der Waals surface area contributed by atoms with Gasteiger partial charge in [-0.2, -0.15) is 0 Å². The van der Waals surface area contributed by atoms with Crippen LogP contribution in [0.2, 0.25) is 5.02 Å². The molecule has 2 unspecified atom stereocenters. The molecule has 2 fully saturated rings. The Hall–Kier alpha value is -5.88. The van der Waals surface area contributed by atoms with Crippen LogP contribution in [0.4, 0.5) is 0 Å². The lowest BCUT2D eigenvalue weighted by atomic mass is 9.99. The second-order valence-electron chi connectivity index (χ2n) is 14.4. The van der Waals surface area contributed by atoms with Gasteiger partial charge in [0.15, 0.2) is 5.82 Å². The molecule has 5 aliphatic heterocycles. The maximum absolute atomic E-state index is 13.4. The van der Waals surface area contributed by atoms with Crippen molar-refractivity contribution in [3.63, 3.8) is 0 Å². The van der Waals surface area contributed by atoms with E-state index in [0.29, 0.717) is 23.9 Å². The Labute approximate surface area is 331 Å². The van der Waals surface area contributed by atoms with Gasteiger partial charge in [0.2, 0.25) is 11.8 Å². The molecule has 15 heteroatoms. The van der Waals surface area contributed by atoms with Crippen LogP contribution in [-0.4, -0.2) is 92.2 Å². The number of fused-ring (bicyclic) bond motifs is 4. The number of aromatic nitrogens is 3. The summed E-state index contributed by atoms with van der Waals surface area (Å²) in [6.45, 7) is 7.24. The average Bonchev–Trinajstić information content (AvgIpc) is 3.74. The van der Waals surface area contributed by atoms with Crippen molar-refractivity contribution in [1.82, 2.24) is 35.2 Å². The molecule has 2 aromatic heterocycles. The third-order valence-electron chi connectivity index (χ3n) is 10.6. The number of benzene rings is 2. The van der Waals surface area contributed by atoms with E-state index in [1.54, 1.807) is 29.5 Å². The van der Waals surface area contributed by atoms with Crippen molar-refractivity contribution in [3.8, 4) is 22.6 Å². The minimum Gasteiger partial charge on any atom is -0.492 e. The number of carbonyl (C=O) groups is 4. The van der Waals surface area contributed by atoms with Gasteiger partial charge in [0.1, 0.15) is 35.2 Å². The van der Waals surface area contributed by atoms with Gasteiger partial charge in [0.05, 0.1) is 28.3 Å². The van der Waals surface area contributed by atoms with E-state index < -0.39 is 29.7 Å². The first-order valence-electron chi connectivity index (χ1n) is 18.3. The van der Waals surface area contributed by atoms with Crippen molar-refractivity contribution >= 4 is 52.3 Å². The summed E-state index contributed by atoms with van der Waals surface area (Å²) in [7, 11) is 0.